The molecule has 1 fully saturated rings. The van der Waals surface area contributed by atoms with Gasteiger partial charge in [-0.2, -0.15) is 0 Å². The van der Waals surface area contributed by atoms with Gasteiger partial charge in [0.15, 0.2) is 0 Å². The molecule has 0 bridgehead atoms. The van der Waals surface area contributed by atoms with Gasteiger partial charge in [-0.3, -0.25) is 9.69 Å². The fourth-order valence-electron chi connectivity index (χ4n) is 4.33. The summed E-state index contributed by atoms with van der Waals surface area (Å²) in [7, 11) is 0. The number of rotatable bonds is 5. The average molecular weight is 403 g/mol. The second-order valence-corrected chi connectivity index (χ2v) is 7.88. The number of halogens is 2. The van der Waals surface area contributed by atoms with E-state index in [9.17, 15) is 9.18 Å². The van der Waals surface area contributed by atoms with Gasteiger partial charge in [0, 0.05) is 63.7 Å². The highest BCUT2D eigenvalue weighted by molar-refractivity contribution is 6.29. The van der Waals surface area contributed by atoms with E-state index in [1.807, 2.05) is 12.1 Å². The third-order valence-electron chi connectivity index (χ3n) is 5.71. The fourth-order valence-corrected chi connectivity index (χ4v) is 4.54. The topological polar surface area (TPSA) is 57.3 Å². The van der Waals surface area contributed by atoms with Crippen LogP contribution in [0.25, 0.3) is 0 Å². The van der Waals surface area contributed by atoms with Crippen LogP contribution in [-0.4, -0.2) is 54.1 Å². The lowest BCUT2D eigenvalue weighted by atomic mass is 9.91. The van der Waals surface area contributed by atoms with Crippen molar-refractivity contribution in [1.82, 2.24) is 20.5 Å². The van der Waals surface area contributed by atoms with Crippen molar-refractivity contribution >= 4 is 17.5 Å². The molecule has 0 radical (unpaired) electrons. The molecule has 1 saturated heterocycles. The smallest absolute Gasteiger partial charge is 0.241 e. The summed E-state index contributed by atoms with van der Waals surface area (Å²) in [6.45, 7) is 3.87. The number of hydrogen-bond acceptors (Lipinski definition) is 4. The molecule has 1 aromatic heterocycles. The van der Waals surface area contributed by atoms with Crippen LogP contribution in [0.4, 0.5) is 4.39 Å². The van der Waals surface area contributed by atoms with Crippen molar-refractivity contribution in [3.05, 3.63) is 64.2 Å². The van der Waals surface area contributed by atoms with E-state index in [1.165, 1.54) is 23.3 Å². The lowest BCUT2D eigenvalue weighted by Crippen LogP contribution is -2.64. The number of piperazine rings is 1. The molecule has 1 aromatic carbocycles. The van der Waals surface area contributed by atoms with E-state index in [1.54, 1.807) is 0 Å². The van der Waals surface area contributed by atoms with E-state index in [4.69, 9.17) is 11.6 Å². The summed E-state index contributed by atoms with van der Waals surface area (Å²) in [5, 5.41) is 6.57. The maximum absolute atomic E-state index is 13.5. The molecule has 1 amide bonds. The Balaban J connectivity index is 1.48. The van der Waals surface area contributed by atoms with Gasteiger partial charge in [0.1, 0.15) is 16.5 Å². The standard InChI is InChI=1S/C21H24ClFN4O/c22-19-12-17(23)11-18(26-19)5-6-25-20(28)21(27-9-7-24-8-10-27)13-15-3-1-2-4-16(15)14-21/h1-4,11-12,24H,5-10,13-14H2,(H,25,28). The van der Waals surface area contributed by atoms with Gasteiger partial charge in [0.2, 0.25) is 5.91 Å². The molecule has 1 aliphatic heterocycles. The summed E-state index contributed by atoms with van der Waals surface area (Å²) in [4.78, 5) is 19.8. The Morgan fingerprint density at radius 2 is 1.89 bits per heavy atom. The number of nitrogens with zero attached hydrogens (tertiary/aromatic N) is 2. The lowest BCUT2D eigenvalue weighted by Gasteiger charge is -2.42. The number of pyridine rings is 1. The zero-order valence-corrected chi connectivity index (χ0v) is 16.4. The first-order valence-corrected chi connectivity index (χ1v) is 10.1. The predicted octanol–water partition coefficient (Wildman–Crippen LogP) is 1.98. The minimum Gasteiger partial charge on any atom is -0.354 e. The van der Waals surface area contributed by atoms with Gasteiger partial charge in [-0.05, 0) is 17.2 Å². The van der Waals surface area contributed by atoms with E-state index >= 15 is 0 Å². The van der Waals surface area contributed by atoms with Crippen LogP contribution >= 0.6 is 11.6 Å². The molecule has 148 valence electrons. The van der Waals surface area contributed by atoms with Gasteiger partial charge in [0.25, 0.3) is 0 Å². The number of hydrogen-bond donors (Lipinski definition) is 2. The predicted molar refractivity (Wildman–Crippen MR) is 107 cm³/mol. The summed E-state index contributed by atoms with van der Waals surface area (Å²) < 4.78 is 13.5. The van der Waals surface area contributed by atoms with Gasteiger partial charge in [0.05, 0.1) is 0 Å². The largest absolute Gasteiger partial charge is 0.354 e. The number of amides is 1. The van der Waals surface area contributed by atoms with Crippen molar-refractivity contribution in [3.8, 4) is 0 Å². The van der Waals surface area contributed by atoms with Crippen LogP contribution in [0.15, 0.2) is 36.4 Å². The maximum atomic E-state index is 13.5. The van der Waals surface area contributed by atoms with Crippen LogP contribution in [0.2, 0.25) is 5.15 Å². The quantitative estimate of drug-likeness (QED) is 0.751. The molecule has 7 heteroatoms. The van der Waals surface area contributed by atoms with E-state index < -0.39 is 11.4 Å². The Morgan fingerprint density at radius 1 is 1.21 bits per heavy atom. The Bertz CT molecular complexity index is 824. The molecule has 28 heavy (non-hydrogen) atoms. The van der Waals surface area contributed by atoms with Crippen molar-refractivity contribution in [2.24, 2.45) is 0 Å². The first kappa shape index (κ1) is 19.3. The lowest BCUT2D eigenvalue weighted by molar-refractivity contribution is -0.133. The number of carbonyl (C=O) groups excluding carboxylic acids is 1. The summed E-state index contributed by atoms with van der Waals surface area (Å²) in [5.74, 6) is -0.377. The molecular formula is C21H24ClFN4O. The van der Waals surface area contributed by atoms with Crippen LogP contribution in [0.3, 0.4) is 0 Å². The molecule has 5 nitrogen and oxygen atoms in total. The highest BCUT2D eigenvalue weighted by Crippen LogP contribution is 2.35. The van der Waals surface area contributed by atoms with Crippen LogP contribution in [0.5, 0.6) is 0 Å². The number of fused-ring (bicyclic) bond motifs is 1. The number of nitrogens with one attached hydrogen (secondary N) is 2. The number of benzene rings is 1. The van der Waals surface area contributed by atoms with Crippen LogP contribution < -0.4 is 10.6 Å². The molecule has 0 atom stereocenters. The molecule has 2 heterocycles. The van der Waals surface area contributed by atoms with Gasteiger partial charge >= 0.3 is 0 Å². The summed E-state index contributed by atoms with van der Waals surface area (Å²) >= 11 is 5.82. The summed E-state index contributed by atoms with van der Waals surface area (Å²) in [5.41, 5.74) is 2.47. The summed E-state index contributed by atoms with van der Waals surface area (Å²) in [6.07, 6.45) is 1.88. The first-order chi connectivity index (χ1) is 13.6. The third-order valence-corrected chi connectivity index (χ3v) is 5.90. The molecule has 0 saturated carbocycles. The van der Waals surface area contributed by atoms with Crippen molar-refractivity contribution < 1.29 is 9.18 Å². The molecule has 0 spiro atoms. The van der Waals surface area contributed by atoms with Crippen molar-refractivity contribution in [2.75, 3.05) is 32.7 Å². The molecule has 4 rings (SSSR count). The van der Waals surface area contributed by atoms with Crippen molar-refractivity contribution in [1.29, 1.82) is 0 Å². The second-order valence-electron chi connectivity index (χ2n) is 7.50. The SMILES string of the molecule is O=C(NCCc1cc(F)cc(Cl)n1)C1(N2CCNCC2)Cc2ccccc2C1. The zero-order chi connectivity index (χ0) is 19.6. The first-order valence-electron chi connectivity index (χ1n) is 9.70. The molecular weight excluding hydrogens is 379 g/mol. The van der Waals surface area contributed by atoms with Gasteiger partial charge in [-0.25, -0.2) is 9.37 Å². The highest BCUT2D eigenvalue weighted by atomic mass is 35.5. The minimum atomic E-state index is -0.557. The van der Waals surface area contributed by atoms with Gasteiger partial charge in [-0.15, -0.1) is 0 Å². The van der Waals surface area contributed by atoms with Gasteiger partial charge < -0.3 is 10.6 Å². The molecule has 2 N–H and O–H groups in total. The Morgan fingerprint density at radius 3 is 2.54 bits per heavy atom. The monoisotopic (exact) mass is 402 g/mol. The highest BCUT2D eigenvalue weighted by Gasteiger charge is 2.48. The Kier molecular flexibility index (Phi) is 5.62. The minimum absolute atomic E-state index is 0.0353. The zero-order valence-electron chi connectivity index (χ0n) is 15.7. The van der Waals surface area contributed by atoms with E-state index in [0.29, 0.717) is 18.7 Å². The summed E-state index contributed by atoms with van der Waals surface area (Å²) in [6, 6.07) is 10.8. The second kappa shape index (κ2) is 8.15. The molecule has 2 aromatic rings. The van der Waals surface area contributed by atoms with Crippen molar-refractivity contribution in [3.63, 3.8) is 0 Å². The van der Waals surface area contributed by atoms with E-state index in [2.05, 4.69) is 32.7 Å². The fraction of sp³-hybridized carbons (Fsp3) is 0.429. The van der Waals surface area contributed by atoms with E-state index in [0.717, 1.165) is 39.0 Å². The van der Waals surface area contributed by atoms with Crippen molar-refractivity contribution in [2.45, 2.75) is 24.8 Å². The number of carbonyl (C=O) groups is 1. The van der Waals surface area contributed by atoms with Crippen LogP contribution in [0, 0.1) is 5.82 Å². The normalized spacial score (nSPS) is 18.6. The Labute approximate surface area is 169 Å². The van der Waals surface area contributed by atoms with E-state index in [-0.39, 0.29) is 11.1 Å². The van der Waals surface area contributed by atoms with Gasteiger partial charge in [-0.1, -0.05) is 35.9 Å². The van der Waals surface area contributed by atoms with Crippen LogP contribution in [-0.2, 0) is 24.1 Å². The average Bonchev–Trinajstić information content (AvgIpc) is 3.09. The molecule has 1 aliphatic carbocycles. The Hall–Kier alpha value is -2.02. The van der Waals surface area contributed by atoms with Crippen LogP contribution in [0.1, 0.15) is 16.8 Å². The molecule has 2 aliphatic rings. The maximum Gasteiger partial charge on any atom is 0.241 e. The third kappa shape index (κ3) is 3.90. The number of aromatic nitrogens is 1. The molecule has 0 unspecified atom stereocenters.